The van der Waals surface area contributed by atoms with Gasteiger partial charge in [-0.25, -0.2) is 0 Å². The summed E-state index contributed by atoms with van der Waals surface area (Å²) in [5.41, 5.74) is 0.155. The number of rotatable bonds is 14. The quantitative estimate of drug-likeness (QED) is 0.315. The molecule has 1 heterocycles. The molecule has 0 spiro atoms. The Morgan fingerprint density at radius 2 is 1.29 bits per heavy atom. The Hall–Kier alpha value is -0.0800. The molecule has 0 bridgehead atoms. The summed E-state index contributed by atoms with van der Waals surface area (Å²) in [5, 5.41) is 0. The minimum absolute atomic E-state index is 0.155. The summed E-state index contributed by atoms with van der Waals surface area (Å²) in [5.74, 6) is 0. The molecule has 0 aromatic carbocycles. The Labute approximate surface area is 133 Å². The second-order valence-electron chi connectivity index (χ2n) is 7.40. The van der Waals surface area contributed by atoms with E-state index in [9.17, 15) is 0 Å². The zero-order valence-electron chi connectivity index (χ0n) is 15.1. The lowest BCUT2D eigenvalue weighted by atomic mass is 9.95. The summed E-state index contributed by atoms with van der Waals surface area (Å²) in [6.07, 6.45) is 17.0. The predicted octanol–water partition coefficient (Wildman–Crippen LogP) is 5.41. The fourth-order valence-corrected chi connectivity index (χ4v) is 3.42. The van der Waals surface area contributed by atoms with Gasteiger partial charge in [0.05, 0.1) is 6.61 Å². The van der Waals surface area contributed by atoms with Crippen LogP contribution in [-0.4, -0.2) is 37.2 Å². The Morgan fingerprint density at radius 1 is 0.857 bits per heavy atom. The molecule has 21 heavy (non-hydrogen) atoms. The van der Waals surface area contributed by atoms with E-state index in [1.807, 2.05) is 0 Å². The second-order valence-corrected chi connectivity index (χ2v) is 7.40. The number of nitrogens with zero attached hydrogens (tertiary/aromatic N) is 1. The van der Waals surface area contributed by atoms with Gasteiger partial charge in [0.1, 0.15) is 5.60 Å². The van der Waals surface area contributed by atoms with Gasteiger partial charge < -0.3 is 9.64 Å². The molecule has 2 heteroatoms. The largest absolute Gasteiger partial charge is 0.368 e. The van der Waals surface area contributed by atoms with Crippen molar-refractivity contribution in [3.8, 4) is 0 Å². The molecule has 1 aliphatic rings. The number of likely N-dealkylation sites (N-methyl/N-ethyl adjacent to an activating group) is 1. The van der Waals surface area contributed by atoms with E-state index < -0.39 is 0 Å². The lowest BCUT2D eigenvalue weighted by Crippen LogP contribution is -2.39. The topological polar surface area (TPSA) is 15.8 Å². The van der Waals surface area contributed by atoms with Crippen LogP contribution in [0.4, 0.5) is 0 Å². The van der Waals surface area contributed by atoms with Crippen LogP contribution >= 0.6 is 0 Å². The maximum absolute atomic E-state index is 5.63. The van der Waals surface area contributed by atoms with Crippen LogP contribution in [0.25, 0.3) is 0 Å². The Morgan fingerprint density at radius 3 is 1.67 bits per heavy atom. The predicted molar refractivity (Wildman–Crippen MR) is 92.9 cm³/mol. The molecular formula is C19H39NO. The van der Waals surface area contributed by atoms with Crippen LogP contribution in [-0.2, 0) is 4.74 Å². The number of unbranched alkanes of at least 4 members (excludes halogenated alkanes) is 10. The molecule has 0 radical (unpaired) electrons. The molecule has 0 aromatic rings. The van der Waals surface area contributed by atoms with E-state index in [0.717, 1.165) is 6.61 Å². The molecule has 0 aromatic heterocycles. The number of hydrogen-bond donors (Lipinski definition) is 0. The highest BCUT2D eigenvalue weighted by Gasteiger charge is 2.47. The van der Waals surface area contributed by atoms with Gasteiger partial charge in [-0.1, -0.05) is 77.6 Å². The van der Waals surface area contributed by atoms with E-state index in [-0.39, 0.29) is 5.60 Å². The van der Waals surface area contributed by atoms with Gasteiger partial charge in [0.2, 0.25) is 0 Å². The average Bonchev–Trinajstić information content (AvgIpc) is 3.18. The van der Waals surface area contributed by atoms with Gasteiger partial charge >= 0.3 is 0 Å². The first-order valence-electron chi connectivity index (χ1n) is 9.40. The molecule has 2 unspecified atom stereocenters. The fraction of sp³-hybridized carbons (Fsp3) is 1.00. The first kappa shape index (κ1) is 19.0. The van der Waals surface area contributed by atoms with Crippen LogP contribution in [0.5, 0.6) is 0 Å². The van der Waals surface area contributed by atoms with Gasteiger partial charge in [-0.05, 0) is 27.4 Å². The minimum Gasteiger partial charge on any atom is -0.368 e. The average molecular weight is 298 g/mol. The van der Waals surface area contributed by atoms with Crippen LogP contribution in [0.2, 0.25) is 0 Å². The fourth-order valence-electron chi connectivity index (χ4n) is 3.42. The molecule has 2 atom stereocenters. The summed E-state index contributed by atoms with van der Waals surface area (Å²) in [6, 6.07) is 0.607. The smallest absolute Gasteiger partial charge is 0.104 e. The van der Waals surface area contributed by atoms with Crippen LogP contribution in [0.15, 0.2) is 0 Å². The van der Waals surface area contributed by atoms with Crippen molar-refractivity contribution in [2.45, 2.75) is 103 Å². The highest BCUT2D eigenvalue weighted by molar-refractivity contribution is 4.98. The van der Waals surface area contributed by atoms with Gasteiger partial charge in [0.15, 0.2) is 0 Å². The highest BCUT2D eigenvalue weighted by Crippen LogP contribution is 2.35. The van der Waals surface area contributed by atoms with E-state index in [4.69, 9.17) is 4.74 Å². The van der Waals surface area contributed by atoms with Crippen molar-refractivity contribution < 1.29 is 4.74 Å². The molecule has 0 saturated carbocycles. The number of ether oxygens (including phenoxy) is 1. The molecule has 1 saturated heterocycles. The van der Waals surface area contributed by atoms with Crippen LogP contribution < -0.4 is 0 Å². The van der Waals surface area contributed by atoms with Gasteiger partial charge in [-0.15, -0.1) is 0 Å². The molecule has 1 aliphatic heterocycles. The summed E-state index contributed by atoms with van der Waals surface area (Å²) in [4.78, 5) is 2.35. The van der Waals surface area contributed by atoms with Gasteiger partial charge in [-0.2, -0.15) is 0 Å². The summed E-state index contributed by atoms with van der Waals surface area (Å²) in [7, 11) is 4.38. The van der Waals surface area contributed by atoms with Crippen molar-refractivity contribution in [1.29, 1.82) is 0 Å². The van der Waals surface area contributed by atoms with Crippen LogP contribution in [0.3, 0.4) is 0 Å². The summed E-state index contributed by atoms with van der Waals surface area (Å²) in [6.45, 7) is 5.50. The van der Waals surface area contributed by atoms with E-state index in [1.54, 1.807) is 0 Å². The van der Waals surface area contributed by atoms with Gasteiger partial charge in [-0.3, -0.25) is 0 Å². The third-order valence-corrected chi connectivity index (χ3v) is 5.01. The molecule has 1 rings (SSSR count). The van der Waals surface area contributed by atoms with Gasteiger partial charge in [0, 0.05) is 6.04 Å². The van der Waals surface area contributed by atoms with Crippen LogP contribution in [0, 0.1) is 0 Å². The number of epoxide rings is 1. The molecule has 2 nitrogen and oxygen atoms in total. The SMILES string of the molecule is CCCCCCCCCCCCCC(N(C)C)C1(C)CO1. The lowest BCUT2D eigenvalue weighted by Gasteiger charge is -2.27. The molecule has 126 valence electrons. The van der Waals surface area contributed by atoms with E-state index in [2.05, 4.69) is 32.8 Å². The van der Waals surface area contributed by atoms with Crippen molar-refractivity contribution in [3.63, 3.8) is 0 Å². The first-order chi connectivity index (χ1) is 10.1. The first-order valence-corrected chi connectivity index (χ1v) is 9.40. The normalized spacial score (nSPS) is 22.7. The summed E-state index contributed by atoms with van der Waals surface area (Å²) >= 11 is 0. The standard InChI is InChI=1S/C19H39NO/c1-5-6-7-8-9-10-11-12-13-14-15-16-18(20(3)4)19(2)17-21-19/h18H,5-17H2,1-4H3. The molecular weight excluding hydrogens is 258 g/mol. The molecule has 0 aliphatic carbocycles. The Kier molecular flexibility index (Phi) is 9.59. The maximum atomic E-state index is 5.63. The maximum Gasteiger partial charge on any atom is 0.104 e. The monoisotopic (exact) mass is 297 g/mol. The van der Waals surface area contributed by atoms with E-state index in [1.165, 1.54) is 77.0 Å². The van der Waals surface area contributed by atoms with Crippen molar-refractivity contribution in [2.24, 2.45) is 0 Å². The summed E-state index contributed by atoms with van der Waals surface area (Å²) < 4.78 is 5.63. The lowest BCUT2D eigenvalue weighted by molar-refractivity contribution is 0.154. The van der Waals surface area contributed by atoms with Crippen molar-refractivity contribution in [1.82, 2.24) is 4.90 Å². The molecule has 0 amide bonds. The van der Waals surface area contributed by atoms with Crippen molar-refractivity contribution >= 4 is 0 Å². The zero-order valence-corrected chi connectivity index (χ0v) is 15.1. The van der Waals surface area contributed by atoms with E-state index in [0.29, 0.717) is 6.04 Å². The molecule has 0 N–H and O–H groups in total. The van der Waals surface area contributed by atoms with Crippen LogP contribution in [0.1, 0.15) is 90.9 Å². The van der Waals surface area contributed by atoms with Crippen molar-refractivity contribution in [3.05, 3.63) is 0 Å². The minimum atomic E-state index is 0.155. The zero-order chi connectivity index (χ0) is 15.6. The Balaban J connectivity index is 1.88. The second kappa shape index (κ2) is 10.6. The number of hydrogen-bond acceptors (Lipinski definition) is 2. The van der Waals surface area contributed by atoms with Crippen molar-refractivity contribution in [2.75, 3.05) is 20.7 Å². The van der Waals surface area contributed by atoms with Gasteiger partial charge in [0.25, 0.3) is 0 Å². The van der Waals surface area contributed by atoms with E-state index >= 15 is 0 Å². The third-order valence-electron chi connectivity index (χ3n) is 5.01. The Bertz CT molecular complexity index is 248. The highest BCUT2D eigenvalue weighted by atomic mass is 16.6. The third kappa shape index (κ3) is 8.21. The molecule has 1 fully saturated rings.